The van der Waals surface area contributed by atoms with Crippen LogP contribution in [0.2, 0.25) is 0 Å². The highest BCUT2D eigenvalue weighted by Gasteiger charge is 2.25. The van der Waals surface area contributed by atoms with Gasteiger partial charge in [0.2, 0.25) is 0 Å². The maximum absolute atomic E-state index is 12.8. The fourth-order valence-electron chi connectivity index (χ4n) is 5.11. The van der Waals surface area contributed by atoms with Crippen molar-refractivity contribution < 1.29 is 4.79 Å². The molecular formula is C23H32N2O. The summed E-state index contributed by atoms with van der Waals surface area (Å²) in [6, 6.07) is 7.53. The number of aryl methyl sites for hydroxylation is 1. The average molecular weight is 353 g/mol. The van der Waals surface area contributed by atoms with Crippen molar-refractivity contribution >= 4 is 16.7 Å². The number of benzene rings is 1. The molecule has 0 bridgehead atoms. The second-order valence-electron chi connectivity index (χ2n) is 8.70. The summed E-state index contributed by atoms with van der Waals surface area (Å²) >= 11 is 0. The van der Waals surface area contributed by atoms with Crippen molar-refractivity contribution in [1.29, 1.82) is 0 Å². The number of fused-ring (bicyclic) bond motifs is 3. The van der Waals surface area contributed by atoms with Crippen molar-refractivity contribution in [1.82, 2.24) is 4.57 Å². The van der Waals surface area contributed by atoms with Gasteiger partial charge in [-0.05, 0) is 88.5 Å². The number of rotatable bonds is 4. The molecule has 1 heterocycles. The molecule has 0 atom stereocenters. The van der Waals surface area contributed by atoms with Crippen molar-refractivity contribution in [3.05, 3.63) is 35.0 Å². The lowest BCUT2D eigenvalue weighted by Crippen LogP contribution is -2.30. The Morgan fingerprint density at radius 3 is 2.62 bits per heavy atom. The standard InChI is InChI=1S/C23H32N2O/c1-15(2)25-21-6-4-3-5-19(21)20-13-16(7-12-22(20)25)14-23(26)17-8-10-18(24)11-9-17/h7,12-13,15,17-18H,3-6,8-11,14,24H2,1-2H3. The molecule has 3 nitrogen and oxygen atoms in total. The first kappa shape index (κ1) is 17.8. The molecule has 140 valence electrons. The minimum Gasteiger partial charge on any atom is -0.342 e. The van der Waals surface area contributed by atoms with E-state index >= 15 is 0 Å². The largest absolute Gasteiger partial charge is 0.342 e. The van der Waals surface area contributed by atoms with Crippen LogP contribution in [0.3, 0.4) is 0 Å². The fourth-order valence-corrected chi connectivity index (χ4v) is 5.11. The lowest BCUT2D eigenvalue weighted by molar-refractivity contribution is -0.123. The number of aromatic nitrogens is 1. The number of Topliss-reactive ketones (excluding diaryl/α,β-unsaturated/α-hetero) is 1. The first-order valence-electron chi connectivity index (χ1n) is 10.5. The van der Waals surface area contributed by atoms with Gasteiger partial charge in [0.15, 0.2) is 0 Å². The second-order valence-corrected chi connectivity index (χ2v) is 8.70. The Morgan fingerprint density at radius 2 is 1.88 bits per heavy atom. The molecule has 0 unspecified atom stereocenters. The van der Waals surface area contributed by atoms with Crippen LogP contribution in [0.25, 0.3) is 10.9 Å². The summed E-state index contributed by atoms with van der Waals surface area (Å²) in [5, 5.41) is 1.39. The van der Waals surface area contributed by atoms with Crippen molar-refractivity contribution in [3.63, 3.8) is 0 Å². The van der Waals surface area contributed by atoms with Crippen LogP contribution in [0, 0.1) is 5.92 Å². The van der Waals surface area contributed by atoms with Gasteiger partial charge in [-0.1, -0.05) is 6.07 Å². The number of hydrogen-bond acceptors (Lipinski definition) is 2. The van der Waals surface area contributed by atoms with Crippen LogP contribution >= 0.6 is 0 Å². The number of nitrogens with zero attached hydrogens (tertiary/aromatic N) is 1. The summed E-state index contributed by atoms with van der Waals surface area (Å²) in [5.41, 5.74) is 11.6. The Hall–Kier alpha value is -1.61. The van der Waals surface area contributed by atoms with E-state index in [1.807, 2.05) is 0 Å². The van der Waals surface area contributed by atoms with E-state index in [2.05, 4.69) is 36.6 Å². The molecule has 2 aliphatic rings. The van der Waals surface area contributed by atoms with Gasteiger partial charge in [-0.25, -0.2) is 0 Å². The maximum Gasteiger partial charge on any atom is 0.140 e. The molecule has 3 heteroatoms. The van der Waals surface area contributed by atoms with Crippen LogP contribution in [0.4, 0.5) is 0 Å². The zero-order chi connectivity index (χ0) is 18.3. The molecule has 26 heavy (non-hydrogen) atoms. The van der Waals surface area contributed by atoms with Crippen LogP contribution in [-0.2, 0) is 24.1 Å². The molecular weight excluding hydrogens is 320 g/mol. The van der Waals surface area contributed by atoms with Gasteiger partial charge < -0.3 is 10.3 Å². The number of carbonyl (C=O) groups is 1. The predicted octanol–water partition coefficient (Wildman–Crippen LogP) is 4.73. The highest BCUT2D eigenvalue weighted by molar-refractivity contribution is 5.89. The lowest BCUT2D eigenvalue weighted by atomic mass is 9.82. The molecule has 2 aliphatic carbocycles. The first-order chi connectivity index (χ1) is 12.5. The lowest BCUT2D eigenvalue weighted by Gasteiger charge is -2.25. The number of hydrogen-bond donors (Lipinski definition) is 1. The van der Waals surface area contributed by atoms with Gasteiger partial charge in [0.1, 0.15) is 5.78 Å². The van der Waals surface area contributed by atoms with E-state index in [9.17, 15) is 4.79 Å². The molecule has 1 fully saturated rings. The van der Waals surface area contributed by atoms with Gasteiger partial charge in [-0.15, -0.1) is 0 Å². The molecule has 1 saturated carbocycles. The Morgan fingerprint density at radius 1 is 1.15 bits per heavy atom. The van der Waals surface area contributed by atoms with Crippen LogP contribution in [-0.4, -0.2) is 16.4 Å². The van der Waals surface area contributed by atoms with E-state index in [4.69, 9.17) is 5.73 Å². The average Bonchev–Trinajstić information content (AvgIpc) is 2.96. The normalized spacial score (nSPS) is 23.4. The molecule has 2 aromatic rings. The second kappa shape index (κ2) is 7.19. The van der Waals surface area contributed by atoms with E-state index in [1.54, 1.807) is 0 Å². The van der Waals surface area contributed by atoms with Gasteiger partial charge in [-0.3, -0.25) is 4.79 Å². The molecule has 1 aromatic heterocycles. The smallest absolute Gasteiger partial charge is 0.140 e. The zero-order valence-corrected chi connectivity index (χ0v) is 16.3. The molecule has 0 radical (unpaired) electrons. The molecule has 0 spiro atoms. The number of nitrogens with two attached hydrogens (primary N) is 1. The van der Waals surface area contributed by atoms with Crippen LogP contribution in [0.15, 0.2) is 18.2 Å². The summed E-state index contributed by atoms with van der Waals surface area (Å²) < 4.78 is 2.53. The van der Waals surface area contributed by atoms with Crippen LogP contribution < -0.4 is 5.73 Å². The SMILES string of the molecule is CC(C)n1c2c(c3cc(CC(=O)C4CCC(N)CC4)ccc31)CCCC2. The van der Waals surface area contributed by atoms with Crippen molar-refractivity contribution in [2.75, 3.05) is 0 Å². The molecule has 2 N–H and O–H groups in total. The minimum absolute atomic E-state index is 0.222. The van der Waals surface area contributed by atoms with Crippen molar-refractivity contribution in [2.24, 2.45) is 11.7 Å². The minimum atomic E-state index is 0.222. The Bertz CT molecular complexity index is 809. The summed E-state index contributed by atoms with van der Waals surface area (Å²) in [7, 11) is 0. The van der Waals surface area contributed by atoms with Gasteiger partial charge in [-0.2, -0.15) is 0 Å². The van der Waals surface area contributed by atoms with Crippen LogP contribution in [0.5, 0.6) is 0 Å². The van der Waals surface area contributed by atoms with Crippen molar-refractivity contribution in [3.8, 4) is 0 Å². The highest BCUT2D eigenvalue weighted by Crippen LogP contribution is 2.35. The molecule has 1 aromatic carbocycles. The maximum atomic E-state index is 12.8. The van der Waals surface area contributed by atoms with Gasteiger partial charge in [0, 0.05) is 41.0 Å². The summed E-state index contributed by atoms with van der Waals surface area (Å²) in [6.07, 6.45) is 9.49. The molecule has 0 amide bonds. The van der Waals surface area contributed by atoms with E-state index in [-0.39, 0.29) is 5.92 Å². The van der Waals surface area contributed by atoms with E-state index in [0.29, 0.717) is 24.3 Å². The van der Waals surface area contributed by atoms with E-state index in [0.717, 1.165) is 25.7 Å². The molecule has 4 rings (SSSR count). The summed E-state index contributed by atoms with van der Waals surface area (Å²) in [6.45, 7) is 4.55. The highest BCUT2D eigenvalue weighted by atomic mass is 16.1. The van der Waals surface area contributed by atoms with E-state index < -0.39 is 0 Å². The summed E-state index contributed by atoms with van der Waals surface area (Å²) in [4.78, 5) is 12.8. The third-order valence-electron chi connectivity index (χ3n) is 6.50. The van der Waals surface area contributed by atoms with Crippen LogP contribution in [0.1, 0.15) is 75.2 Å². The Kier molecular flexibility index (Phi) is 4.92. The monoisotopic (exact) mass is 352 g/mol. The zero-order valence-electron chi connectivity index (χ0n) is 16.3. The van der Waals surface area contributed by atoms with Crippen molar-refractivity contribution in [2.45, 2.75) is 83.7 Å². The molecule has 0 saturated heterocycles. The first-order valence-corrected chi connectivity index (χ1v) is 10.5. The van der Waals surface area contributed by atoms with Gasteiger partial charge in [0.05, 0.1) is 0 Å². The fraction of sp³-hybridized carbons (Fsp3) is 0.609. The third kappa shape index (κ3) is 3.22. The molecule has 0 aliphatic heterocycles. The number of carbonyl (C=O) groups excluding carboxylic acids is 1. The van der Waals surface area contributed by atoms with E-state index in [1.165, 1.54) is 53.4 Å². The predicted molar refractivity (Wildman–Crippen MR) is 108 cm³/mol. The Balaban J connectivity index is 1.62. The van der Waals surface area contributed by atoms with Gasteiger partial charge in [0.25, 0.3) is 0 Å². The third-order valence-corrected chi connectivity index (χ3v) is 6.50. The Labute approximate surface area is 156 Å². The summed E-state index contributed by atoms with van der Waals surface area (Å²) in [5.74, 6) is 0.632. The quantitative estimate of drug-likeness (QED) is 0.865. The van der Waals surface area contributed by atoms with Gasteiger partial charge >= 0.3 is 0 Å². The topological polar surface area (TPSA) is 48.0 Å². The number of ketones is 1.